The van der Waals surface area contributed by atoms with E-state index in [0.29, 0.717) is 18.4 Å². The zero-order chi connectivity index (χ0) is 72.9. The summed E-state index contributed by atoms with van der Waals surface area (Å²) < 4.78 is 41.2. The maximum Gasteiger partial charge on any atom is 0.417 e. The van der Waals surface area contributed by atoms with E-state index >= 15 is 4.79 Å². The van der Waals surface area contributed by atoms with Gasteiger partial charge in [-0.25, -0.2) is 0 Å². The summed E-state index contributed by atoms with van der Waals surface area (Å²) in [5.41, 5.74) is 0.685. The van der Waals surface area contributed by atoms with E-state index in [9.17, 15) is 65.9 Å². The Kier molecular flexibility index (Phi) is 29.3. The predicted octanol–water partition coefficient (Wildman–Crippen LogP) is 4.30. The number of halogens is 4. The summed E-state index contributed by atoms with van der Waals surface area (Å²) >= 11 is 6.07. The number of nitrogens with one attached hydrogen (secondary N) is 4. The number of amides is 12. The summed E-state index contributed by atoms with van der Waals surface area (Å²) in [6.07, 6.45) is -4.90. The normalized spacial score (nSPS) is 25.5. The van der Waals surface area contributed by atoms with Crippen LogP contribution in [0.5, 0.6) is 0 Å². The van der Waals surface area contributed by atoms with Crippen molar-refractivity contribution < 1.29 is 70.7 Å². The van der Waals surface area contributed by atoms with Crippen LogP contribution in [0.15, 0.2) is 42.5 Å². The van der Waals surface area contributed by atoms with Gasteiger partial charge in [-0.3, -0.25) is 57.5 Å². The lowest BCUT2D eigenvalue weighted by Gasteiger charge is -2.45. The van der Waals surface area contributed by atoms with Gasteiger partial charge in [-0.2, -0.15) is 13.2 Å². The van der Waals surface area contributed by atoms with Gasteiger partial charge in [-0.05, 0) is 93.4 Å². The number of likely N-dealkylation sites (N-methyl/N-ethyl adjacent to an activating group) is 7. The smallest absolute Gasteiger partial charge is 0.347 e. The van der Waals surface area contributed by atoms with Crippen LogP contribution in [-0.4, -0.2) is 240 Å². The van der Waals surface area contributed by atoms with E-state index < -0.39 is 179 Å². The molecule has 4 N–H and O–H groups in total. The molecule has 24 nitrogen and oxygen atoms in total. The summed E-state index contributed by atoms with van der Waals surface area (Å²) in [4.78, 5) is 185. The third-order valence-corrected chi connectivity index (χ3v) is 19.0. The predicted molar refractivity (Wildman–Crippen MR) is 356 cm³/mol. The van der Waals surface area contributed by atoms with Crippen molar-refractivity contribution in [2.45, 2.75) is 194 Å². The van der Waals surface area contributed by atoms with Gasteiger partial charge in [0.1, 0.15) is 60.4 Å². The molecule has 96 heavy (non-hydrogen) atoms. The topological polar surface area (TPSA) is 279 Å². The van der Waals surface area contributed by atoms with Crippen molar-refractivity contribution in [3.8, 4) is 0 Å². The van der Waals surface area contributed by atoms with Crippen molar-refractivity contribution in [3.63, 3.8) is 0 Å². The molecule has 0 aliphatic carbocycles. The number of hydrogen-bond acceptors (Lipinski definition) is 12. The van der Waals surface area contributed by atoms with Crippen LogP contribution in [0.25, 0.3) is 0 Å². The van der Waals surface area contributed by atoms with Crippen LogP contribution in [0.1, 0.15) is 130 Å². The summed E-state index contributed by atoms with van der Waals surface area (Å²) in [5.74, 6) is -10.9. The highest BCUT2D eigenvalue weighted by atomic mass is 35.5. The molecule has 2 aromatic carbocycles. The van der Waals surface area contributed by atoms with Gasteiger partial charge >= 0.3 is 6.18 Å². The molecule has 0 radical (unpaired) electrons. The molecule has 0 aromatic heterocycles. The molecule has 0 saturated carbocycles. The van der Waals surface area contributed by atoms with Gasteiger partial charge in [-0.15, -0.1) is 0 Å². The first-order valence-corrected chi connectivity index (χ1v) is 33.2. The standard InChI is InChI=1S/C68H102ClF3N12O12/c1-20-40(8)56-66(95)79(15)43(11)61(90)84-31-30-49(84)64(93)81(17)51(34-45-24-22-39(7)23-25-45)63(92)78(14)36-53(85)74-48(29-27-44-26-28-46(47(69)33-44)68(70,71)72)59(88)73-42(10)58(87)75-55(38(5)6)65(94)83(19)57(41(9)21-2)67(96)82(18)52(62(91)77(12)13)35-54(86)80(16)50(32-37(3)4)60(89)76-56/h22-26,28,33,37-38,40-43,48-52,55-57H,20-21,27,29-32,34-36H2,1-19H3,(H,73,88)(H,74,85)(H,75,87)(H,76,89)/t40-,41-,42+,43-,48-,49?,50-,51-,52-,55-,56-,57-/m0/s1. The van der Waals surface area contributed by atoms with Crippen LogP contribution in [0.4, 0.5) is 13.2 Å². The molecular formula is C68H102ClF3N12O12. The highest BCUT2D eigenvalue weighted by Crippen LogP contribution is 2.35. The fourth-order valence-electron chi connectivity index (χ4n) is 11.7. The fraction of sp³-hybridized carbons (Fsp3) is 0.647. The molecule has 2 aliphatic heterocycles. The molecule has 2 saturated heterocycles. The van der Waals surface area contributed by atoms with E-state index in [4.69, 9.17) is 11.6 Å². The molecule has 1 unspecified atom stereocenters. The second kappa shape index (κ2) is 34.9. The monoisotopic (exact) mass is 1370 g/mol. The Labute approximate surface area is 568 Å². The van der Waals surface area contributed by atoms with Crippen molar-refractivity contribution in [1.29, 1.82) is 0 Å². The summed E-state index contributed by atoms with van der Waals surface area (Å²) in [6.45, 7) is 18.1. The van der Waals surface area contributed by atoms with Crippen LogP contribution < -0.4 is 21.3 Å². The number of alkyl halides is 3. The minimum atomic E-state index is -4.78. The summed E-state index contributed by atoms with van der Waals surface area (Å²) in [7, 11) is 11.1. The van der Waals surface area contributed by atoms with E-state index in [1.807, 2.05) is 39.8 Å². The summed E-state index contributed by atoms with van der Waals surface area (Å²) in [5, 5.41) is 10.1. The number of nitrogens with zero attached hydrogens (tertiary/aromatic N) is 8. The SMILES string of the molecule is CC[C@H](C)[C@@H]1NC(=O)[C@H](CC(C)C)N(C)C(=O)C[C@@H](C(=O)N(C)C)N(C)C(=O)[C@H]([C@@H](C)CC)N(C)C(=O)[C@H](C(C)C)NC(=O)[C@@H](C)NC(=O)[C@H](CCc2ccc(C(F)(F)F)c(Cl)c2)NC(=O)CN(C)C(=O)[C@H](Cc2ccc(C)cc2)N(C)C(=O)C2CCN2C(=O)[C@H](C)N(C)C1=O. The molecule has 2 aliphatic rings. The van der Waals surface area contributed by atoms with Gasteiger partial charge in [0.25, 0.3) is 0 Å². The van der Waals surface area contributed by atoms with Crippen LogP contribution in [0.3, 0.4) is 0 Å². The molecule has 2 aromatic rings. The fourth-order valence-corrected chi connectivity index (χ4v) is 12.0. The van der Waals surface area contributed by atoms with E-state index in [2.05, 4.69) is 21.3 Å². The third-order valence-electron chi connectivity index (χ3n) is 18.7. The Morgan fingerprint density at radius 3 is 1.74 bits per heavy atom. The largest absolute Gasteiger partial charge is 0.417 e. The molecule has 12 atom stereocenters. The lowest BCUT2D eigenvalue weighted by atomic mass is 9.93. The van der Waals surface area contributed by atoms with E-state index in [1.165, 1.54) is 94.7 Å². The first-order chi connectivity index (χ1) is 44.6. The molecule has 28 heteroatoms. The number of benzene rings is 2. The van der Waals surface area contributed by atoms with Crippen LogP contribution in [-0.2, 0) is 76.6 Å². The van der Waals surface area contributed by atoms with Gasteiger partial charge in [0.15, 0.2) is 0 Å². The van der Waals surface area contributed by atoms with Crippen LogP contribution in [0.2, 0.25) is 5.02 Å². The number of aryl methyl sites for hydroxylation is 2. The number of hydrogen-bond donors (Lipinski definition) is 4. The van der Waals surface area contributed by atoms with Crippen molar-refractivity contribution in [1.82, 2.24) is 60.5 Å². The molecule has 0 bridgehead atoms. The minimum Gasteiger partial charge on any atom is -0.347 e. The lowest BCUT2D eigenvalue weighted by molar-refractivity contribution is -0.160. The zero-order valence-corrected chi connectivity index (χ0v) is 59.9. The summed E-state index contributed by atoms with van der Waals surface area (Å²) in [6, 6.07) is -2.95. The maximum absolute atomic E-state index is 15.1. The molecule has 2 fully saturated rings. The Morgan fingerprint density at radius 1 is 0.646 bits per heavy atom. The van der Waals surface area contributed by atoms with E-state index in [1.54, 1.807) is 46.8 Å². The van der Waals surface area contributed by atoms with Gasteiger partial charge in [0.2, 0.25) is 70.9 Å². The molecule has 12 amide bonds. The molecule has 0 spiro atoms. The molecule has 4 rings (SSSR count). The minimum absolute atomic E-state index is 0.0584. The third kappa shape index (κ3) is 20.4. The first kappa shape index (κ1) is 80.6. The number of rotatable bonds is 13. The average Bonchev–Trinajstić information content (AvgIpc) is 0.797. The van der Waals surface area contributed by atoms with E-state index in [0.717, 1.165) is 38.5 Å². The number of fused-ring (bicyclic) bond motifs is 1. The quantitative estimate of drug-likeness (QED) is 0.219. The maximum atomic E-state index is 15.1. The molecular weight excluding hydrogens is 1270 g/mol. The Bertz CT molecular complexity index is 3150. The number of carbonyl (C=O) groups excluding carboxylic acids is 12. The Balaban J connectivity index is 1.89. The average molecular weight is 1370 g/mol. The lowest BCUT2D eigenvalue weighted by Crippen LogP contribution is -2.65. The second-order valence-electron chi connectivity index (χ2n) is 26.9. The van der Waals surface area contributed by atoms with E-state index in [-0.39, 0.29) is 50.1 Å². The van der Waals surface area contributed by atoms with Crippen LogP contribution >= 0.6 is 11.6 Å². The molecule has 534 valence electrons. The van der Waals surface area contributed by atoms with Crippen molar-refractivity contribution in [2.75, 3.05) is 69.5 Å². The second-order valence-corrected chi connectivity index (χ2v) is 27.4. The highest BCUT2D eigenvalue weighted by molar-refractivity contribution is 6.31. The van der Waals surface area contributed by atoms with Gasteiger partial charge in [0, 0.05) is 69.3 Å². The van der Waals surface area contributed by atoms with Crippen molar-refractivity contribution >= 4 is 82.5 Å². The zero-order valence-electron chi connectivity index (χ0n) is 59.2. The Hall–Kier alpha value is -7.84. The van der Waals surface area contributed by atoms with Gasteiger partial charge in [0.05, 0.1) is 23.6 Å². The highest BCUT2D eigenvalue weighted by Gasteiger charge is 2.47. The van der Waals surface area contributed by atoms with Gasteiger partial charge in [-0.1, -0.05) is 116 Å². The first-order valence-electron chi connectivity index (χ1n) is 32.8. The van der Waals surface area contributed by atoms with Crippen LogP contribution in [0, 0.1) is 30.6 Å². The van der Waals surface area contributed by atoms with Crippen molar-refractivity contribution in [3.05, 3.63) is 69.7 Å². The number of carbonyl (C=O) groups is 12. The molecule has 2 heterocycles. The van der Waals surface area contributed by atoms with Crippen molar-refractivity contribution in [2.24, 2.45) is 23.7 Å². The Morgan fingerprint density at radius 2 is 1.22 bits per heavy atom. The van der Waals surface area contributed by atoms with Gasteiger partial charge < -0.3 is 60.5 Å².